The Morgan fingerprint density at radius 1 is 1.12 bits per heavy atom. The topological polar surface area (TPSA) is 90.9 Å². The Bertz CT molecular complexity index is 1310. The number of aromatic nitrogens is 3. The second kappa shape index (κ2) is 8.61. The number of aromatic amines is 1. The summed E-state index contributed by atoms with van der Waals surface area (Å²) in [4.78, 5) is 23.5. The number of hydrogen-bond donors (Lipinski definition) is 3. The molecule has 4 aromatic rings. The molecule has 0 saturated heterocycles. The lowest BCUT2D eigenvalue weighted by Gasteiger charge is -2.31. The maximum atomic E-state index is 14.2. The van der Waals surface area contributed by atoms with Crippen LogP contribution in [-0.2, 0) is 4.79 Å². The van der Waals surface area contributed by atoms with Gasteiger partial charge in [-0.05, 0) is 11.5 Å². The summed E-state index contributed by atoms with van der Waals surface area (Å²) < 4.78 is 28.2. The number of carboxylic acid groups (broad SMARTS) is 1. The van der Waals surface area contributed by atoms with Crippen LogP contribution in [0, 0.1) is 17.0 Å². The SMILES string of the molecule is CC(C)(C)[C@@H](CC(=O)O)Nc1cc(-c2ccccc2)nc(-c2c[nH]c3c(F)cc(F)cc23)n1. The van der Waals surface area contributed by atoms with Gasteiger partial charge < -0.3 is 15.4 Å². The first kappa shape index (κ1) is 22.4. The molecule has 0 spiro atoms. The Morgan fingerprint density at radius 2 is 1.85 bits per heavy atom. The first-order valence-electron chi connectivity index (χ1n) is 10.5. The number of H-pyrrole nitrogens is 1. The summed E-state index contributed by atoms with van der Waals surface area (Å²) in [5.41, 5.74) is 1.65. The number of carboxylic acids is 1. The van der Waals surface area contributed by atoms with E-state index in [9.17, 15) is 18.7 Å². The van der Waals surface area contributed by atoms with Gasteiger partial charge in [-0.2, -0.15) is 0 Å². The van der Waals surface area contributed by atoms with Crippen LogP contribution in [0.4, 0.5) is 14.6 Å². The van der Waals surface area contributed by atoms with Gasteiger partial charge in [-0.25, -0.2) is 18.7 Å². The van der Waals surface area contributed by atoms with Crippen molar-refractivity contribution in [2.45, 2.75) is 33.2 Å². The van der Waals surface area contributed by atoms with E-state index in [0.29, 0.717) is 22.5 Å². The molecule has 2 aromatic carbocycles. The lowest BCUT2D eigenvalue weighted by Crippen LogP contribution is -2.36. The molecule has 0 unspecified atom stereocenters. The lowest BCUT2D eigenvalue weighted by atomic mass is 9.84. The summed E-state index contributed by atoms with van der Waals surface area (Å²) in [7, 11) is 0. The molecule has 0 bridgehead atoms. The minimum absolute atomic E-state index is 0.104. The van der Waals surface area contributed by atoms with Gasteiger partial charge in [-0.15, -0.1) is 0 Å². The van der Waals surface area contributed by atoms with Gasteiger partial charge in [-0.3, -0.25) is 4.79 Å². The molecule has 33 heavy (non-hydrogen) atoms. The number of halogens is 2. The highest BCUT2D eigenvalue weighted by Gasteiger charge is 2.28. The Labute approximate surface area is 189 Å². The molecule has 3 N–H and O–H groups in total. The second-order valence-electron chi connectivity index (χ2n) is 9.00. The normalized spacial score (nSPS) is 12.6. The molecule has 0 aliphatic carbocycles. The molecule has 0 amide bonds. The zero-order chi connectivity index (χ0) is 23.8. The molecular weight excluding hydrogens is 426 g/mol. The quantitative estimate of drug-likeness (QED) is 0.342. The number of benzene rings is 2. The van der Waals surface area contributed by atoms with Gasteiger partial charge in [0.2, 0.25) is 0 Å². The van der Waals surface area contributed by atoms with E-state index in [1.165, 1.54) is 6.07 Å². The highest BCUT2D eigenvalue weighted by Crippen LogP contribution is 2.32. The largest absolute Gasteiger partial charge is 0.481 e. The molecule has 2 heterocycles. The number of fused-ring (bicyclic) bond motifs is 1. The van der Waals surface area contributed by atoms with Crippen molar-refractivity contribution in [3.8, 4) is 22.6 Å². The fourth-order valence-electron chi connectivity index (χ4n) is 3.67. The molecule has 0 aliphatic rings. The summed E-state index contributed by atoms with van der Waals surface area (Å²) >= 11 is 0. The molecule has 8 heteroatoms. The molecule has 1 atom stereocenters. The first-order valence-corrected chi connectivity index (χ1v) is 10.5. The fourth-order valence-corrected chi connectivity index (χ4v) is 3.67. The van der Waals surface area contributed by atoms with Crippen molar-refractivity contribution in [3.05, 3.63) is 66.4 Å². The van der Waals surface area contributed by atoms with Crippen LogP contribution in [-0.4, -0.2) is 32.1 Å². The molecule has 2 aromatic heterocycles. The van der Waals surface area contributed by atoms with Gasteiger partial charge in [0, 0.05) is 40.9 Å². The predicted octanol–water partition coefficient (Wildman–Crippen LogP) is 5.87. The van der Waals surface area contributed by atoms with Gasteiger partial charge in [0.25, 0.3) is 0 Å². The van der Waals surface area contributed by atoms with Crippen LogP contribution in [0.3, 0.4) is 0 Å². The van der Waals surface area contributed by atoms with Crippen molar-refractivity contribution in [1.82, 2.24) is 15.0 Å². The minimum Gasteiger partial charge on any atom is -0.481 e. The standard InChI is InChI=1S/C25H24F2N4O2/c1-25(2,3)20(12-22(32)33)30-21-11-19(14-7-5-4-6-8-14)29-24(31-21)17-13-28-23-16(17)9-15(26)10-18(23)27/h4-11,13,20,28H,12H2,1-3H3,(H,32,33)(H,29,30,31)/t20-/m1/s1. The zero-order valence-corrected chi connectivity index (χ0v) is 18.5. The van der Waals surface area contributed by atoms with E-state index in [1.54, 1.807) is 12.3 Å². The van der Waals surface area contributed by atoms with Crippen molar-refractivity contribution in [2.24, 2.45) is 5.41 Å². The number of aliphatic carboxylic acids is 1. The van der Waals surface area contributed by atoms with E-state index >= 15 is 0 Å². The van der Waals surface area contributed by atoms with Gasteiger partial charge in [-0.1, -0.05) is 51.1 Å². The number of nitrogens with zero attached hydrogens (tertiary/aromatic N) is 2. The van der Waals surface area contributed by atoms with Crippen LogP contribution in [0.2, 0.25) is 0 Å². The van der Waals surface area contributed by atoms with E-state index in [0.717, 1.165) is 11.6 Å². The van der Waals surface area contributed by atoms with Crippen molar-refractivity contribution >= 4 is 22.7 Å². The van der Waals surface area contributed by atoms with E-state index in [1.807, 2.05) is 51.1 Å². The van der Waals surface area contributed by atoms with Crippen LogP contribution < -0.4 is 5.32 Å². The van der Waals surface area contributed by atoms with Crippen LogP contribution in [0.25, 0.3) is 33.5 Å². The third kappa shape index (κ3) is 4.84. The predicted molar refractivity (Wildman–Crippen MR) is 124 cm³/mol. The number of rotatable bonds is 6. The highest BCUT2D eigenvalue weighted by molar-refractivity contribution is 5.94. The molecular formula is C25H24F2N4O2. The zero-order valence-electron chi connectivity index (χ0n) is 18.5. The highest BCUT2D eigenvalue weighted by atomic mass is 19.1. The Hall–Kier alpha value is -3.81. The van der Waals surface area contributed by atoms with Crippen LogP contribution in [0.1, 0.15) is 27.2 Å². The number of carbonyl (C=O) groups is 1. The average Bonchev–Trinajstić information content (AvgIpc) is 3.17. The van der Waals surface area contributed by atoms with Gasteiger partial charge in [0.05, 0.1) is 17.6 Å². The molecule has 0 radical (unpaired) electrons. The maximum Gasteiger partial charge on any atom is 0.305 e. The maximum absolute atomic E-state index is 14.2. The van der Waals surface area contributed by atoms with Gasteiger partial charge in [0.15, 0.2) is 5.82 Å². The second-order valence-corrected chi connectivity index (χ2v) is 9.00. The minimum atomic E-state index is -0.928. The number of anilines is 1. The number of hydrogen-bond acceptors (Lipinski definition) is 4. The third-order valence-corrected chi connectivity index (χ3v) is 5.49. The molecule has 0 saturated carbocycles. The van der Waals surface area contributed by atoms with Crippen molar-refractivity contribution < 1.29 is 18.7 Å². The van der Waals surface area contributed by atoms with Gasteiger partial charge >= 0.3 is 5.97 Å². The average molecular weight is 450 g/mol. The van der Waals surface area contributed by atoms with Crippen molar-refractivity contribution in [3.63, 3.8) is 0 Å². The van der Waals surface area contributed by atoms with E-state index in [2.05, 4.69) is 20.3 Å². The van der Waals surface area contributed by atoms with Crippen LogP contribution in [0.5, 0.6) is 0 Å². The van der Waals surface area contributed by atoms with Crippen LogP contribution in [0.15, 0.2) is 54.7 Å². The lowest BCUT2D eigenvalue weighted by molar-refractivity contribution is -0.137. The third-order valence-electron chi connectivity index (χ3n) is 5.49. The summed E-state index contributed by atoms with van der Waals surface area (Å²) in [6.45, 7) is 5.83. The van der Waals surface area contributed by atoms with E-state index in [4.69, 9.17) is 0 Å². The number of nitrogens with one attached hydrogen (secondary N) is 2. The monoisotopic (exact) mass is 450 g/mol. The van der Waals surface area contributed by atoms with Gasteiger partial charge in [0.1, 0.15) is 17.5 Å². The van der Waals surface area contributed by atoms with Crippen LogP contribution >= 0.6 is 0 Å². The Kier molecular flexibility index (Phi) is 5.84. The van der Waals surface area contributed by atoms with Crippen molar-refractivity contribution in [1.29, 1.82) is 0 Å². The molecule has 0 aliphatic heterocycles. The molecule has 170 valence electrons. The molecule has 4 rings (SSSR count). The Morgan fingerprint density at radius 3 is 2.52 bits per heavy atom. The fraction of sp³-hybridized carbons (Fsp3) is 0.240. The molecule has 6 nitrogen and oxygen atoms in total. The summed E-state index contributed by atoms with van der Waals surface area (Å²) in [5, 5.41) is 12.9. The Balaban J connectivity index is 1.87. The van der Waals surface area contributed by atoms with E-state index < -0.39 is 23.6 Å². The summed E-state index contributed by atoms with van der Waals surface area (Å²) in [6.07, 6.45) is 1.44. The summed E-state index contributed by atoms with van der Waals surface area (Å²) in [6, 6.07) is 12.8. The van der Waals surface area contributed by atoms with E-state index in [-0.39, 0.29) is 23.2 Å². The summed E-state index contributed by atoms with van der Waals surface area (Å²) in [5.74, 6) is -1.65. The smallest absolute Gasteiger partial charge is 0.305 e. The first-order chi connectivity index (χ1) is 15.6. The molecule has 0 fully saturated rings. The van der Waals surface area contributed by atoms with Crippen molar-refractivity contribution in [2.75, 3.05) is 5.32 Å².